The molecule has 2 aromatic rings. The van der Waals surface area contributed by atoms with Gasteiger partial charge in [-0.05, 0) is 36.8 Å². The van der Waals surface area contributed by atoms with Crippen LogP contribution in [0.25, 0.3) is 0 Å². The quantitative estimate of drug-likeness (QED) is 0.810. The van der Waals surface area contributed by atoms with E-state index in [2.05, 4.69) is 39.2 Å². The second kappa shape index (κ2) is 7.88. The predicted octanol–water partition coefficient (Wildman–Crippen LogP) is 4.25. The van der Waals surface area contributed by atoms with Gasteiger partial charge in [-0.1, -0.05) is 22.9 Å². The average molecular weight is 351 g/mol. The Hall–Kier alpha value is -1.75. The van der Waals surface area contributed by atoms with E-state index in [9.17, 15) is 0 Å². The molecule has 0 atom stereocenters. The zero-order chi connectivity index (χ0) is 15.1. The number of halogens is 1. The van der Waals surface area contributed by atoms with Gasteiger partial charge in [0.1, 0.15) is 5.75 Å². The normalized spacial score (nSPS) is 10.2. The first-order valence-electron chi connectivity index (χ1n) is 6.88. The van der Waals surface area contributed by atoms with E-state index in [1.807, 2.05) is 24.3 Å². The third-order valence-electron chi connectivity index (χ3n) is 2.92. The van der Waals surface area contributed by atoms with Gasteiger partial charge in [-0.25, -0.2) is 4.98 Å². The molecular formula is C16H19BrN2O2. The van der Waals surface area contributed by atoms with Gasteiger partial charge in [0.05, 0.1) is 19.4 Å². The molecule has 0 amide bonds. The van der Waals surface area contributed by atoms with Gasteiger partial charge >= 0.3 is 0 Å². The highest BCUT2D eigenvalue weighted by Crippen LogP contribution is 2.26. The number of aromatic nitrogens is 1. The maximum Gasteiger partial charge on any atom is 0.237 e. The van der Waals surface area contributed by atoms with Crippen molar-refractivity contribution in [3.63, 3.8) is 0 Å². The summed E-state index contributed by atoms with van der Waals surface area (Å²) in [7, 11) is 1.61. The first-order chi connectivity index (χ1) is 10.2. The van der Waals surface area contributed by atoms with Crippen molar-refractivity contribution in [2.75, 3.05) is 19.0 Å². The molecule has 0 aliphatic carbocycles. The lowest BCUT2D eigenvalue weighted by atomic mass is 10.2. The molecule has 0 saturated carbocycles. The number of hydrogen-bond donors (Lipinski definition) is 1. The van der Waals surface area contributed by atoms with E-state index < -0.39 is 0 Å². The molecule has 0 radical (unpaired) electrons. The van der Waals surface area contributed by atoms with Crippen molar-refractivity contribution in [3.8, 4) is 11.6 Å². The highest BCUT2D eigenvalue weighted by Gasteiger charge is 2.07. The van der Waals surface area contributed by atoms with Gasteiger partial charge in [0.2, 0.25) is 5.88 Å². The molecule has 0 saturated heterocycles. The lowest BCUT2D eigenvalue weighted by Crippen LogP contribution is -2.05. The molecular weight excluding hydrogens is 332 g/mol. The van der Waals surface area contributed by atoms with Gasteiger partial charge in [0.15, 0.2) is 0 Å². The molecule has 5 heteroatoms. The van der Waals surface area contributed by atoms with Crippen LogP contribution in [0.3, 0.4) is 0 Å². The van der Waals surface area contributed by atoms with Crippen molar-refractivity contribution in [2.24, 2.45) is 0 Å². The number of methoxy groups -OCH3 is 1. The summed E-state index contributed by atoms with van der Waals surface area (Å²) in [6.45, 7) is 3.45. The van der Waals surface area contributed by atoms with E-state index in [0.29, 0.717) is 19.0 Å². The predicted molar refractivity (Wildman–Crippen MR) is 88.0 cm³/mol. The molecule has 2 rings (SSSR count). The Bertz CT molecular complexity index is 590. The third-order valence-corrected chi connectivity index (χ3v) is 3.41. The van der Waals surface area contributed by atoms with Crippen LogP contribution in [0.5, 0.6) is 11.6 Å². The molecule has 21 heavy (non-hydrogen) atoms. The number of benzene rings is 1. The van der Waals surface area contributed by atoms with Crippen molar-refractivity contribution in [1.82, 2.24) is 4.98 Å². The van der Waals surface area contributed by atoms with Gasteiger partial charge in [0.25, 0.3) is 0 Å². The summed E-state index contributed by atoms with van der Waals surface area (Å²) >= 11 is 3.50. The molecule has 1 aromatic carbocycles. The van der Waals surface area contributed by atoms with Crippen molar-refractivity contribution in [2.45, 2.75) is 19.9 Å². The zero-order valence-electron chi connectivity index (χ0n) is 12.2. The van der Waals surface area contributed by atoms with Gasteiger partial charge < -0.3 is 14.8 Å². The molecule has 0 bridgehead atoms. The minimum absolute atomic E-state index is 0.587. The average Bonchev–Trinajstić information content (AvgIpc) is 2.52. The van der Waals surface area contributed by atoms with Crippen molar-refractivity contribution in [3.05, 3.63) is 46.6 Å². The molecule has 112 valence electrons. The first-order valence-corrected chi connectivity index (χ1v) is 7.68. The van der Waals surface area contributed by atoms with E-state index >= 15 is 0 Å². The summed E-state index contributed by atoms with van der Waals surface area (Å²) < 4.78 is 12.0. The number of ether oxygens (including phenoxy) is 2. The molecule has 0 aliphatic heterocycles. The summed E-state index contributed by atoms with van der Waals surface area (Å²) in [5, 5.41) is 3.34. The smallest absolute Gasteiger partial charge is 0.237 e. The molecule has 0 spiro atoms. The van der Waals surface area contributed by atoms with Crippen LogP contribution in [-0.4, -0.2) is 18.7 Å². The SMILES string of the molecule is CCCOc1ccc(Br)cc1CNc1cccnc1OC. The summed E-state index contributed by atoms with van der Waals surface area (Å²) in [5.74, 6) is 1.49. The number of hydrogen-bond acceptors (Lipinski definition) is 4. The van der Waals surface area contributed by atoms with E-state index in [1.165, 1.54) is 0 Å². The van der Waals surface area contributed by atoms with Gasteiger partial charge in [-0.2, -0.15) is 0 Å². The largest absolute Gasteiger partial charge is 0.493 e. The first kappa shape index (κ1) is 15.6. The van der Waals surface area contributed by atoms with E-state index in [-0.39, 0.29) is 0 Å². The summed E-state index contributed by atoms with van der Waals surface area (Å²) in [4.78, 5) is 4.17. The molecule has 1 N–H and O–H groups in total. The number of anilines is 1. The van der Waals surface area contributed by atoms with Crippen LogP contribution >= 0.6 is 15.9 Å². The van der Waals surface area contributed by atoms with E-state index in [4.69, 9.17) is 9.47 Å². The standard InChI is InChI=1S/C16H19BrN2O2/c1-3-9-21-15-7-6-13(17)10-12(15)11-19-14-5-4-8-18-16(14)20-2/h4-8,10,19H,3,9,11H2,1-2H3. The monoisotopic (exact) mass is 350 g/mol. The Morgan fingerprint density at radius 1 is 1.29 bits per heavy atom. The minimum Gasteiger partial charge on any atom is -0.493 e. The lowest BCUT2D eigenvalue weighted by Gasteiger charge is -2.14. The maximum absolute atomic E-state index is 5.78. The fourth-order valence-corrected chi connectivity index (χ4v) is 2.33. The summed E-state index contributed by atoms with van der Waals surface area (Å²) in [5.41, 5.74) is 1.95. The molecule has 0 aliphatic rings. The van der Waals surface area contributed by atoms with Gasteiger partial charge in [-0.3, -0.25) is 0 Å². The van der Waals surface area contributed by atoms with E-state index in [0.717, 1.165) is 27.9 Å². The van der Waals surface area contributed by atoms with Crippen LogP contribution in [0.1, 0.15) is 18.9 Å². The maximum atomic E-state index is 5.78. The summed E-state index contributed by atoms with van der Waals surface area (Å²) in [6.07, 6.45) is 2.69. The van der Waals surface area contributed by atoms with Gasteiger partial charge in [-0.15, -0.1) is 0 Å². The molecule has 4 nitrogen and oxygen atoms in total. The van der Waals surface area contributed by atoms with Crippen LogP contribution in [0.4, 0.5) is 5.69 Å². The third kappa shape index (κ3) is 4.36. The molecule has 1 heterocycles. The number of pyridine rings is 1. The second-order valence-electron chi connectivity index (χ2n) is 4.51. The Balaban J connectivity index is 2.13. The van der Waals surface area contributed by atoms with Crippen LogP contribution < -0.4 is 14.8 Å². The molecule has 1 aromatic heterocycles. The molecule has 0 unspecified atom stereocenters. The van der Waals surface area contributed by atoms with Gasteiger partial charge in [0, 0.05) is 22.8 Å². The number of rotatable bonds is 7. The fourth-order valence-electron chi connectivity index (χ4n) is 1.92. The zero-order valence-corrected chi connectivity index (χ0v) is 13.8. The second-order valence-corrected chi connectivity index (χ2v) is 5.43. The Labute approximate surface area is 133 Å². The highest BCUT2D eigenvalue weighted by molar-refractivity contribution is 9.10. The minimum atomic E-state index is 0.587. The van der Waals surface area contributed by atoms with Crippen molar-refractivity contribution < 1.29 is 9.47 Å². The van der Waals surface area contributed by atoms with E-state index in [1.54, 1.807) is 13.3 Å². The number of nitrogens with zero attached hydrogens (tertiary/aromatic N) is 1. The Kier molecular flexibility index (Phi) is 5.87. The highest BCUT2D eigenvalue weighted by atomic mass is 79.9. The lowest BCUT2D eigenvalue weighted by molar-refractivity contribution is 0.314. The van der Waals surface area contributed by atoms with Crippen molar-refractivity contribution >= 4 is 21.6 Å². The van der Waals surface area contributed by atoms with Crippen LogP contribution in [0.15, 0.2) is 41.0 Å². The van der Waals surface area contributed by atoms with Crippen molar-refractivity contribution in [1.29, 1.82) is 0 Å². The Morgan fingerprint density at radius 2 is 2.14 bits per heavy atom. The molecule has 0 fully saturated rings. The topological polar surface area (TPSA) is 43.4 Å². The Morgan fingerprint density at radius 3 is 2.90 bits per heavy atom. The van der Waals surface area contributed by atoms with Crippen LogP contribution in [-0.2, 0) is 6.54 Å². The number of nitrogens with one attached hydrogen (secondary N) is 1. The fraction of sp³-hybridized carbons (Fsp3) is 0.312. The summed E-state index contributed by atoms with van der Waals surface area (Å²) in [6, 6.07) is 9.84. The van der Waals surface area contributed by atoms with Crippen LogP contribution in [0, 0.1) is 0 Å². The van der Waals surface area contributed by atoms with Crippen LogP contribution in [0.2, 0.25) is 0 Å².